The molecule has 0 aliphatic carbocycles. The van der Waals surface area contributed by atoms with Gasteiger partial charge in [-0.2, -0.15) is 0 Å². The molecule has 1 aromatic rings. The number of carbonyl (C=O) groups is 1. The molecule has 14 heavy (non-hydrogen) atoms. The Kier molecular flexibility index (Phi) is 4.65. The zero-order valence-electron chi connectivity index (χ0n) is 8.02. The average molecular weight is 190 g/mol. The van der Waals surface area contributed by atoms with Crippen LogP contribution in [0.4, 0.5) is 0 Å². The molecular formula is C12H14O2. The lowest BCUT2D eigenvalue weighted by molar-refractivity contribution is -0.117. The van der Waals surface area contributed by atoms with E-state index in [1.54, 1.807) is 6.08 Å². The Labute approximate surface area is 83.9 Å². The zero-order chi connectivity index (χ0) is 10.2. The van der Waals surface area contributed by atoms with E-state index >= 15 is 0 Å². The summed E-state index contributed by atoms with van der Waals surface area (Å²) < 4.78 is 0. The van der Waals surface area contributed by atoms with Gasteiger partial charge in [0.25, 0.3) is 0 Å². The summed E-state index contributed by atoms with van der Waals surface area (Å²) in [6.45, 7) is -0.401. The summed E-state index contributed by atoms with van der Waals surface area (Å²) in [5, 5.41) is 8.45. The monoisotopic (exact) mass is 190 g/mol. The molecular weight excluding hydrogens is 176 g/mol. The molecule has 0 radical (unpaired) electrons. The van der Waals surface area contributed by atoms with Crippen molar-refractivity contribution in [1.29, 1.82) is 0 Å². The third kappa shape index (κ3) is 4.01. The molecule has 0 spiro atoms. The highest BCUT2D eigenvalue weighted by Gasteiger charge is 1.91. The minimum absolute atomic E-state index is 0.238. The first-order valence-corrected chi connectivity index (χ1v) is 4.67. The third-order valence-corrected chi connectivity index (χ3v) is 1.90. The first kappa shape index (κ1) is 10.7. The van der Waals surface area contributed by atoms with Gasteiger partial charge in [0.05, 0.1) is 0 Å². The number of rotatable bonds is 5. The fraction of sp³-hybridized carbons (Fsp3) is 0.250. The lowest BCUT2D eigenvalue weighted by Crippen LogP contribution is -1.97. The predicted molar refractivity (Wildman–Crippen MR) is 56.0 cm³/mol. The normalized spacial score (nSPS) is 10.6. The zero-order valence-corrected chi connectivity index (χ0v) is 8.02. The van der Waals surface area contributed by atoms with Crippen LogP contribution in [0.3, 0.4) is 0 Å². The van der Waals surface area contributed by atoms with E-state index in [1.807, 2.05) is 18.2 Å². The van der Waals surface area contributed by atoms with Crippen LogP contribution < -0.4 is 0 Å². The van der Waals surface area contributed by atoms with E-state index in [0.717, 1.165) is 12.8 Å². The fourth-order valence-corrected chi connectivity index (χ4v) is 1.16. The second-order valence-electron chi connectivity index (χ2n) is 3.05. The van der Waals surface area contributed by atoms with Crippen molar-refractivity contribution in [2.75, 3.05) is 6.61 Å². The minimum atomic E-state index is -0.401. The summed E-state index contributed by atoms with van der Waals surface area (Å²) >= 11 is 0. The Balaban J connectivity index is 2.29. The van der Waals surface area contributed by atoms with Gasteiger partial charge in [-0.25, -0.2) is 0 Å². The van der Waals surface area contributed by atoms with Crippen molar-refractivity contribution in [2.24, 2.45) is 0 Å². The second-order valence-corrected chi connectivity index (χ2v) is 3.05. The summed E-state index contributed by atoms with van der Waals surface area (Å²) in [5.41, 5.74) is 1.26. The standard InChI is InChI=1S/C12H14O2/c13-10-12(14)9-5-4-8-11-6-2-1-3-7-11/h1-3,5-7,9,13H,4,8,10H2. The largest absolute Gasteiger partial charge is 0.388 e. The first-order chi connectivity index (χ1) is 6.83. The predicted octanol–water partition coefficient (Wildman–Crippen LogP) is 1.74. The van der Waals surface area contributed by atoms with Crippen molar-refractivity contribution in [3.8, 4) is 0 Å². The van der Waals surface area contributed by atoms with Crippen molar-refractivity contribution in [3.05, 3.63) is 48.0 Å². The Morgan fingerprint density at radius 3 is 2.64 bits per heavy atom. The molecule has 0 unspecified atom stereocenters. The van der Waals surface area contributed by atoms with Gasteiger partial charge in [0.15, 0.2) is 5.78 Å². The van der Waals surface area contributed by atoms with E-state index in [0.29, 0.717) is 0 Å². The van der Waals surface area contributed by atoms with Crippen LogP contribution in [-0.2, 0) is 11.2 Å². The molecule has 1 N–H and O–H groups in total. The Hall–Kier alpha value is -1.41. The smallest absolute Gasteiger partial charge is 0.180 e. The number of benzene rings is 1. The Morgan fingerprint density at radius 2 is 2.00 bits per heavy atom. The maximum absolute atomic E-state index is 10.7. The highest BCUT2D eigenvalue weighted by Crippen LogP contribution is 2.02. The van der Waals surface area contributed by atoms with Gasteiger partial charge in [0.1, 0.15) is 6.61 Å². The van der Waals surface area contributed by atoms with Crippen molar-refractivity contribution >= 4 is 5.78 Å². The van der Waals surface area contributed by atoms with Crippen LogP contribution in [-0.4, -0.2) is 17.5 Å². The maximum Gasteiger partial charge on any atom is 0.180 e. The maximum atomic E-state index is 10.7. The lowest BCUT2D eigenvalue weighted by Gasteiger charge is -1.95. The highest BCUT2D eigenvalue weighted by atomic mass is 16.3. The van der Waals surface area contributed by atoms with Crippen molar-refractivity contribution in [3.63, 3.8) is 0 Å². The van der Waals surface area contributed by atoms with Crippen molar-refractivity contribution < 1.29 is 9.90 Å². The van der Waals surface area contributed by atoms with Crippen molar-refractivity contribution in [1.82, 2.24) is 0 Å². The molecule has 74 valence electrons. The van der Waals surface area contributed by atoms with E-state index < -0.39 is 6.61 Å². The fourth-order valence-electron chi connectivity index (χ4n) is 1.16. The van der Waals surface area contributed by atoms with Crippen LogP contribution in [0, 0.1) is 0 Å². The summed E-state index contributed by atoms with van der Waals surface area (Å²) in [5.74, 6) is -0.238. The van der Waals surface area contributed by atoms with Gasteiger partial charge in [-0.05, 0) is 24.5 Å². The van der Waals surface area contributed by atoms with Crippen molar-refractivity contribution in [2.45, 2.75) is 12.8 Å². The van der Waals surface area contributed by atoms with Gasteiger partial charge >= 0.3 is 0 Å². The molecule has 0 atom stereocenters. The Morgan fingerprint density at radius 1 is 1.29 bits per heavy atom. The molecule has 0 saturated carbocycles. The lowest BCUT2D eigenvalue weighted by atomic mass is 10.1. The summed E-state index contributed by atoms with van der Waals surface area (Å²) in [4.78, 5) is 10.7. The highest BCUT2D eigenvalue weighted by molar-refractivity contribution is 5.90. The topological polar surface area (TPSA) is 37.3 Å². The number of aliphatic hydroxyl groups is 1. The number of allylic oxidation sites excluding steroid dienone is 1. The van der Waals surface area contributed by atoms with Crippen LogP contribution in [0.1, 0.15) is 12.0 Å². The summed E-state index contributed by atoms with van der Waals surface area (Å²) in [6, 6.07) is 10.1. The van der Waals surface area contributed by atoms with E-state index in [2.05, 4.69) is 12.1 Å². The average Bonchev–Trinajstić information content (AvgIpc) is 2.25. The molecule has 1 aromatic carbocycles. The molecule has 0 aliphatic rings. The second kappa shape index (κ2) is 6.11. The van der Waals surface area contributed by atoms with Crippen LogP contribution in [0.5, 0.6) is 0 Å². The number of aryl methyl sites for hydroxylation is 1. The van der Waals surface area contributed by atoms with E-state index in [1.165, 1.54) is 11.6 Å². The molecule has 0 amide bonds. The number of ketones is 1. The van der Waals surface area contributed by atoms with Gasteiger partial charge in [-0.1, -0.05) is 36.4 Å². The Bertz CT molecular complexity index is 301. The minimum Gasteiger partial charge on any atom is -0.388 e. The van der Waals surface area contributed by atoms with Crippen LogP contribution in [0.15, 0.2) is 42.5 Å². The van der Waals surface area contributed by atoms with E-state index in [9.17, 15) is 4.79 Å². The molecule has 0 aliphatic heterocycles. The molecule has 1 rings (SSSR count). The molecule has 0 bridgehead atoms. The number of hydrogen-bond donors (Lipinski definition) is 1. The quantitative estimate of drug-likeness (QED) is 0.718. The third-order valence-electron chi connectivity index (χ3n) is 1.90. The van der Waals surface area contributed by atoms with Gasteiger partial charge in [0.2, 0.25) is 0 Å². The molecule has 0 aromatic heterocycles. The van der Waals surface area contributed by atoms with Crippen LogP contribution >= 0.6 is 0 Å². The molecule has 2 heteroatoms. The molecule has 0 fully saturated rings. The summed E-state index contributed by atoms with van der Waals surface area (Å²) in [6.07, 6.45) is 4.99. The van der Waals surface area contributed by atoms with Crippen LogP contribution in [0.25, 0.3) is 0 Å². The number of carbonyl (C=O) groups excluding carboxylic acids is 1. The SMILES string of the molecule is O=C(C=CCCc1ccccc1)CO. The van der Waals surface area contributed by atoms with Gasteiger partial charge in [-0.15, -0.1) is 0 Å². The number of aliphatic hydroxyl groups excluding tert-OH is 1. The van der Waals surface area contributed by atoms with E-state index in [-0.39, 0.29) is 5.78 Å². The molecule has 0 heterocycles. The van der Waals surface area contributed by atoms with E-state index in [4.69, 9.17) is 5.11 Å². The van der Waals surface area contributed by atoms with Gasteiger partial charge < -0.3 is 5.11 Å². The molecule has 0 saturated heterocycles. The molecule has 2 nitrogen and oxygen atoms in total. The van der Waals surface area contributed by atoms with Crippen LogP contribution in [0.2, 0.25) is 0 Å². The number of hydrogen-bond acceptors (Lipinski definition) is 2. The summed E-state index contributed by atoms with van der Waals surface area (Å²) in [7, 11) is 0. The first-order valence-electron chi connectivity index (χ1n) is 4.67. The van der Waals surface area contributed by atoms with Gasteiger partial charge in [-0.3, -0.25) is 4.79 Å². The van der Waals surface area contributed by atoms with Gasteiger partial charge in [0, 0.05) is 0 Å².